The highest BCUT2D eigenvalue weighted by atomic mass is 32.1. The number of ether oxygens (including phenoxy) is 1. The predicted octanol–water partition coefficient (Wildman–Crippen LogP) is 5.09. The third kappa shape index (κ3) is 3.80. The number of benzene rings is 2. The Morgan fingerprint density at radius 3 is 2.28 bits per heavy atom. The van der Waals surface area contributed by atoms with Gasteiger partial charge in [0.25, 0.3) is 5.78 Å². The van der Waals surface area contributed by atoms with Gasteiger partial charge in [0.1, 0.15) is 11.5 Å². The van der Waals surface area contributed by atoms with Gasteiger partial charge in [-0.05, 0) is 45.4 Å². The molecule has 1 fully saturated rings. The Hall–Kier alpha value is -3.45. The Morgan fingerprint density at radius 1 is 1.06 bits per heavy atom. The van der Waals surface area contributed by atoms with Crippen molar-refractivity contribution in [3.8, 4) is 5.75 Å². The number of aromatic nitrogens is 1. The van der Waals surface area contributed by atoms with Crippen LogP contribution in [0.25, 0.3) is 5.76 Å². The quantitative estimate of drug-likeness (QED) is 0.334. The molecule has 7 heteroatoms. The molecule has 1 atom stereocenters. The molecule has 0 spiro atoms. The second kappa shape index (κ2) is 8.59. The molecule has 1 aromatic heterocycles. The number of ketones is 1. The first-order valence-corrected chi connectivity index (χ1v) is 11.2. The molecule has 1 aliphatic rings. The van der Waals surface area contributed by atoms with Crippen LogP contribution in [-0.2, 0) is 9.59 Å². The van der Waals surface area contributed by atoms with Crippen LogP contribution in [0.2, 0.25) is 0 Å². The number of rotatable bonds is 5. The van der Waals surface area contributed by atoms with Crippen molar-refractivity contribution < 1.29 is 19.4 Å². The molecule has 6 nitrogen and oxygen atoms in total. The molecule has 1 unspecified atom stereocenters. The molecule has 0 bridgehead atoms. The lowest BCUT2D eigenvalue weighted by Gasteiger charge is -2.23. The zero-order valence-corrected chi connectivity index (χ0v) is 19.2. The Bertz CT molecular complexity index is 1190. The van der Waals surface area contributed by atoms with Gasteiger partial charge in [-0.25, -0.2) is 4.98 Å². The lowest BCUT2D eigenvalue weighted by molar-refractivity contribution is -0.132. The number of aliphatic hydroxyl groups excluding tert-OH is 1. The summed E-state index contributed by atoms with van der Waals surface area (Å²) in [5.41, 5.74) is 3.05. The van der Waals surface area contributed by atoms with E-state index in [1.54, 1.807) is 24.3 Å². The van der Waals surface area contributed by atoms with Gasteiger partial charge in [0, 0.05) is 10.4 Å². The average Bonchev–Trinajstić information content (AvgIpc) is 3.24. The SMILES string of the molecule is CCOc1ccc(C2/C(=C(\O)c3ccc(C)cc3)C(=O)C(=O)N2c2nc(C)c(C)s2)cc1. The number of carbonyl (C=O) groups excluding carboxylic acids is 2. The standard InChI is InChI=1S/C25H24N2O4S/c1-5-31-19-12-10-17(11-13-19)21-20(22(28)18-8-6-14(2)7-9-18)23(29)24(30)27(21)25-26-15(3)16(4)32-25/h6-13,21,28H,5H2,1-4H3/b22-20+. The molecule has 0 saturated carbocycles. The van der Waals surface area contributed by atoms with Crippen molar-refractivity contribution in [2.24, 2.45) is 0 Å². The molecule has 1 aliphatic heterocycles. The predicted molar refractivity (Wildman–Crippen MR) is 125 cm³/mol. The zero-order chi connectivity index (χ0) is 23.0. The summed E-state index contributed by atoms with van der Waals surface area (Å²) in [6, 6.07) is 13.6. The summed E-state index contributed by atoms with van der Waals surface area (Å²) in [6.45, 7) is 8.16. The number of aliphatic hydroxyl groups is 1. The minimum atomic E-state index is -0.795. The topological polar surface area (TPSA) is 79.7 Å². The summed E-state index contributed by atoms with van der Waals surface area (Å²) in [7, 11) is 0. The van der Waals surface area contributed by atoms with Crippen molar-refractivity contribution in [1.29, 1.82) is 0 Å². The van der Waals surface area contributed by atoms with E-state index in [4.69, 9.17) is 4.74 Å². The third-order valence-corrected chi connectivity index (χ3v) is 6.57. The molecule has 1 amide bonds. The maximum atomic E-state index is 13.2. The summed E-state index contributed by atoms with van der Waals surface area (Å²) in [5.74, 6) is -0.943. The van der Waals surface area contributed by atoms with Gasteiger partial charge in [0.15, 0.2) is 5.13 Å². The number of Topliss-reactive ketones (excluding diaryl/α,β-unsaturated/α-hetero) is 1. The van der Waals surface area contributed by atoms with E-state index in [1.807, 2.05) is 52.0 Å². The van der Waals surface area contributed by atoms with E-state index in [-0.39, 0.29) is 11.3 Å². The fraction of sp³-hybridized carbons (Fsp3) is 0.240. The summed E-state index contributed by atoms with van der Waals surface area (Å²) in [6.07, 6.45) is 0. The number of thiazole rings is 1. The normalized spacial score (nSPS) is 17.8. The molecular weight excluding hydrogens is 424 g/mol. The van der Waals surface area contributed by atoms with Gasteiger partial charge in [0.2, 0.25) is 0 Å². The molecule has 4 rings (SSSR count). The van der Waals surface area contributed by atoms with Crippen molar-refractivity contribution in [1.82, 2.24) is 4.98 Å². The summed E-state index contributed by atoms with van der Waals surface area (Å²) in [4.78, 5) is 33.2. The average molecular weight is 449 g/mol. The number of nitrogens with zero attached hydrogens (tertiary/aromatic N) is 2. The molecular formula is C25H24N2O4S. The van der Waals surface area contributed by atoms with E-state index in [1.165, 1.54) is 16.2 Å². The molecule has 32 heavy (non-hydrogen) atoms. The van der Waals surface area contributed by atoms with Crippen LogP contribution in [0, 0.1) is 20.8 Å². The van der Waals surface area contributed by atoms with Crippen molar-refractivity contribution in [3.05, 3.63) is 81.4 Å². The minimum absolute atomic E-state index is 0.0496. The van der Waals surface area contributed by atoms with Crippen LogP contribution >= 0.6 is 11.3 Å². The molecule has 2 heterocycles. The summed E-state index contributed by atoms with van der Waals surface area (Å²) < 4.78 is 5.53. The molecule has 1 N–H and O–H groups in total. The van der Waals surface area contributed by atoms with E-state index in [2.05, 4.69) is 4.98 Å². The van der Waals surface area contributed by atoms with E-state index in [0.29, 0.717) is 28.6 Å². The highest BCUT2D eigenvalue weighted by Gasteiger charge is 2.48. The van der Waals surface area contributed by atoms with E-state index < -0.39 is 17.7 Å². The summed E-state index contributed by atoms with van der Waals surface area (Å²) in [5, 5.41) is 11.6. The molecule has 0 radical (unpaired) electrons. The Labute approximate surface area is 190 Å². The van der Waals surface area contributed by atoms with Crippen LogP contribution in [0.4, 0.5) is 5.13 Å². The minimum Gasteiger partial charge on any atom is -0.507 e. The van der Waals surface area contributed by atoms with Crippen LogP contribution in [0.3, 0.4) is 0 Å². The van der Waals surface area contributed by atoms with Crippen LogP contribution in [0.5, 0.6) is 5.75 Å². The van der Waals surface area contributed by atoms with Gasteiger partial charge in [-0.15, -0.1) is 11.3 Å². The fourth-order valence-corrected chi connectivity index (χ4v) is 4.62. The number of hydrogen-bond acceptors (Lipinski definition) is 6. The maximum Gasteiger partial charge on any atom is 0.301 e. The van der Waals surface area contributed by atoms with Gasteiger partial charge < -0.3 is 9.84 Å². The Kier molecular flexibility index (Phi) is 5.84. The van der Waals surface area contributed by atoms with Gasteiger partial charge in [-0.3, -0.25) is 14.5 Å². The smallest absolute Gasteiger partial charge is 0.301 e. The number of hydrogen-bond donors (Lipinski definition) is 1. The number of carbonyl (C=O) groups is 2. The second-order valence-electron chi connectivity index (χ2n) is 7.68. The molecule has 2 aromatic carbocycles. The van der Waals surface area contributed by atoms with Crippen molar-refractivity contribution in [3.63, 3.8) is 0 Å². The van der Waals surface area contributed by atoms with E-state index >= 15 is 0 Å². The highest BCUT2D eigenvalue weighted by Crippen LogP contribution is 2.44. The first kappa shape index (κ1) is 21.8. The lowest BCUT2D eigenvalue weighted by atomic mass is 9.95. The van der Waals surface area contributed by atoms with Gasteiger partial charge in [-0.2, -0.15) is 0 Å². The van der Waals surface area contributed by atoms with Gasteiger partial charge in [-0.1, -0.05) is 42.0 Å². The Morgan fingerprint density at radius 2 is 1.72 bits per heavy atom. The third-order valence-electron chi connectivity index (χ3n) is 5.50. The molecule has 0 aliphatic carbocycles. The second-order valence-corrected chi connectivity index (χ2v) is 8.86. The van der Waals surface area contributed by atoms with Crippen molar-refractivity contribution in [2.75, 3.05) is 11.5 Å². The van der Waals surface area contributed by atoms with Crippen molar-refractivity contribution in [2.45, 2.75) is 33.7 Å². The van der Waals surface area contributed by atoms with E-state index in [0.717, 1.165) is 16.1 Å². The molecule has 164 valence electrons. The zero-order valence-electron chi connectivity index (χ0n) is 18.4. The first-order chi connectivity index (χ1) is 15.3. The first-order valence-electron chi connectivity index (χ1n) is 10.4. The number of anilines is 1. The van der Waals surface area contributed by atoms with Gasteiger partial charge >= 0.3 is 5.91 Å². The number of aryl methyl sites for hydroxylation is 3. The lowest BCUT2D eigenvalue weighted by Crippen LogP contribution is -2.29. The van der Waals surface area contributed by atoms with Gasteiger partial charge in [0.05, 0.1) is 23.9 Å². The molecule has 3 aromatic rings. The van der Waals surface area contributed by atoms with Crippen molar-refractivity contribution >= 4 is 33.9 Å². The highest BCUT2D eigenvalue weighted by molar-refractivity contribution is 7.16. The summed E-state index contributed by atoms with van der Waals surface area (Å²) >= 11 is 1.35. The largest absolute Gasteiger partial charge is 0.507 e. The monoisotopic (exact) mass is 448 g/mol. The van der Waals surface area contributed by atoms with Crippen LogP contribution in [-0.4, -0.2) is 28.4 Å². The Balaban J connectivity index is 1.90. The van der Waals surface area contributed by atoms with E-state index in [9.17, 15) is 14.7 Å². The molecule has 1 saturated heterocycles. The maximum absolute atomic E-state index is 13.2. The number of amides is 1. The van der Waals surface area contributed by atoms with Crippen LogP contribution in [0.1, 0.15) is 40.2 Å². The van der Waals surface area contributed by atoms with Crippen LogP contribution in [0.15, 0.2) is 54.1 Å². The van der Waals surface area contributed by atoms with Crippen LogP contribution < -0.4 is 9.64 Å². The fourth-order valence-electron chi connectivity index (χ4n) is 3.68.